The summed E-state index contributed by atoms with van der Waals surface area (Å²) in [6.07, 6.45) is 0.806. The predicted octanol–water partition coefficient (Wildman–Crippen LogP) is 1.19. The van der Waals surface area contributed by atoms with Gasteiger partial charge in [0.05, 0.1) is 5.56 Å². The number of nitrogens with zero attached hydrogens (tertiary/aromatic N) is 2. The number of rotatable bonds is 1. The van der Waals surface area contributed by atoms with Gasteiger partial charge in [-0.05, 0) is 15.9 Å². The highest BCUT2D eigenvalue weighted by molar-refractivity contribution is 9.10. The lowest BCUT2D eigenvalue weighted by molar-refractivity contribution is 0.112. The van der Waals surface area contributed by atoms with Gasteiger partial charge in [0, 0.05) is 6.20 Å². The maximum atomic E-state index is 12.1. The first-order valence-electron chi connectivity index (χ1n) is 2.37. The second-order valence-electron chi connectivity index (χ2n) is 1.50. The first kappa shape index (κ1) is 7.27. The summed E-state index contributed by atoms with van der Waals surface area (Å²) in [6, 6.07) is 0. The Morgan fingerprint density at radius 1 is 1.70 bits per heavy atom. The van der Waals surface area contributed by atoms with E-state index in [0.29, 0.717) is 6.29 Å². The molecule has 0 saturated heterocycles. The van der Waals surface area contributed by atoms with Crippen molar-refractivity contribution in [1.82, 2.24) is 9.97 Å². The SMILES string of the molecule is O=Cc1cnc(F)nc1Br. The van der Waals surface area contributed by atoms with Gasteiger partial charge in [0.1, 0.15) is 4.60 Å². The van der Waals surface area contributed by atoms with Crippen LogP contribution in [-0.4, -0.2) is 16.3 Å². The van der Waals surface area contributed by atoms with Gasteiger partial charge >= 0.3 is 6.08 Å². The number of halogens is 2. The zero-order valence-corrected chi connectivity index (χ0v) is 6.30. The molecule has 3 nitrogen and oxygen atoms in total. The molecule has 0 aliphatic carbocycles. The minimum atomic E-state index is -0.850. The van der Waals surface area contributed by atoms with Gasteiger partial charge in [-0.25, -0.2) is 4.98 Å². The van der Waals surface area contributed by atoms with E-state index in [-0.39, 0.29) is 10.2 Å². The first-order valence-corrected chi connectivity index (χ1v) is 3.16. The molecule has 0 radical (unpaired) electrons. The Hall–Kier alpha value is -0.840. The molecule has 0 spiro atoms. The molecule has 0 amide bonds. The van der Waals surface area contributed by atoms with Crippen LogP contribution >= 0.6 is 15.9 Å². The van der Waals surface area contributed by atoms with Gasteiger partial charge in [0.15, 0.2) is 6.29 Å². The quantitative estimate of drug-likeness (QED) is 0.392. The molecule has 0 bridgehead atoms. The molecular formula is C5H2BrFN2O. The summed E-state index contributed by atoms with van der Waals surface area (Å²) in [5.41, 5.74) is 0.237. The minimum Gasteiger partial charge on any atom is -0.298 e. The number of hydrogen-bond acceptors (Lipinski definition) is 3. The van der Waals surface area contributed by atoms with E-state index in [9.17, 15) is 9.18 Å². The van der Waals surface area contributed by atoms with E-state index < -0.39 is 6.08 Å². The van der Waals surface area contributed by atoms with Crippen LogP contribution in [0.4, 0.5) is 4.39 Å². The molecule has 1 aromatic heterocycles. The fraction of sp³-hybridized carbons (Fsp3) is 0. The largest absolute Gasteiger partial charge is 0.309 e. The fourth-order valence-electron chi connectivity index (χ4n) is 0.430. The first-order chi connectivity index (χ1) is 4.74. The standard InChI is InChI=1S/C5H2BrFN2O/c6-4-3(2-10)1-8-5(7)9-4/h1-2H. The second kappa shape index (κ2) is 2.83. The van der Waals surface area contributed by atoms with Crippen molar-refractivity contribution in [2.45, 2.75) is 0 Å². The summed E-state index contributed by atoms with van der Waals surface area (Å²) in [5.74, 6) is 0. The zero-order valence-electron chi connectivity index (χ0n) is 4.71. The third kappa shape index (κ3) is 1.36. The van der Waals surface area contributed by atoms with E-state index in [4.69, 9.17) is 0 Å². The molecule has 0 atom stereocenters. The lowest BCUT2D eigenvalue weighted by Crippen LogP contribution is -1.93. The maximum absolute atomic E-state index is 12.1. The zero-order chi connectivity index (χ0) is 7.56. The highest BCUT2D eigenvalue weighted by atomic mass is 79.9. The molecule has 1 rings (SSSR count). The highest BCUT2D eigenvalue weighted by Gasteiger charge is 2.00. The molecule has 0 aliphatic heterocycles. The van der Waals surface area contributed by atoms with E-state index >= 15 is 0 Å². The van der Waals surface area contributed by atoms with Crippen LogP contribution in [0.1, 0.15) is 10.4 Å². The van der Waals surface area contributed by atoms with Crippen LogP contribution in [0.25, 0.3) is 0 Å². The third-order valence-corrected chi connectivity index (χ3v) is 1.50. The topological polar surface area (TPSA) is 42.9 Å². The molecule has 52 valence electrons. The van der Waals surface area contributed by atoms with E-state index in [1.54, 1.807) is 0 Å². The van der Waals surface area contributed by atoms with Crippen LogP contribution in [0, 0.1) is 6.08 Å². The van der Waals surface area contributed by atoms with Gasteiger partial charge in [0.25, 0.3) is 0 Å². The number of carbonyl (C=O) groups is 1. The molecule has 5 heteroatoms. The van der Waals surface area contributed by atoms with Gasteiger partial charge < -0.3 is 0 Å². The minimum absolute atomic E-state index is 0.176. The number of aldehydes is 1. The molecule has 0 aromatic carbocycles. The van der Waals surface area contributed by atoms with Gasteiger partial charge in [-0.2, -0.15) is 9.37 Å². The molecule has 0 aliphatic rings. The predicted molar refractivity (Wildman–Crippen MR) is 35.1 cm³/mol. The molecule has 0 N–H and O–H groups in total. The van der Waals surface area contributed by atoms with Crippen LogP contribution in [0.3, 0.4) is 0 Å². The molecule has 0 unspecified atom stereocenters. The van der Waals surface area contributed by atoms with E-state index in [0.717, 1.165) is 6.20 Å². The van der Waals surface area contributed by atoms with Crippen LogP contribution in [-0.2, 0) is 0 Å². The summed E-state index contributed by atoms with van der Waals surface area (Å²) < 4.78 is 12.3. The Bertz CT molecular complexity index is 266. The summed E-state index contributed by atoms with van der Waals surface area (Å²) in [5, 5.41) is 0. The van der Waals surface area contributed by atoms with Gasteiger partial charge in [-0.15, -0.1) is 0 Å². The summed E-state index contributed by atoms with van der Waals surface area (Å²) in [7, 11) is 0. The van der Waals surface area contributed by atoms with Crippen LogP contribution in [0.15, 0.2) is 10.8 Å². The van der Waals surface area contributed by atoms with Crippen molar-refractivity contribution in [3.63, 3.8) is 0 Å². The average Bonchev–Trinajstić information content (AvgIpc) is 1.88. The van der Waals surface area contributed by atoms with Crippen LogP contribution < -0.4 is 0 Å². The number of hydrogen-bond donors (Lipinski definition) is 0. The normalized spacial score (nSPS) is 9.40. The summed E-state index contributed by atoms with van der Waals surface area (Å²) in [4.78, 5) is 16.5. The molecule has 0 fully saturated rings. The molecular weight excluding hydrogens is 203 g/mol. The van der Waals surface area contributed by atoms with Crippen molar-refractivity contribution in [3.8, 4) is 0 Å². The smallest absolute Gasteiger partial charge is 0.298 e. The Labute approximate surface area is 64.4 Å². The number of aromatic nitrogens is 2. The maximum Gasteiger partial charge on any atom is 0.309 e. The monoisotopic (exact) mass is 204 g/mol. The Kier molecular flexibility index (Phi) is 2.06. The van der Waals surface area contributed by atoms with Crippen molar-refractivity contribution >= 4 is 22.2 Å². The van der Waals surface area contributed by atoms with Gasteiger partial charge in [-0.1, -0.05) is 0 Å². The third-order valence-electron chi connectivity index (χ3n) is 0.866. The van der Waals surface area contributed by atoms with E-state index in [1.807, 2.05) is 0 Å². The summed E-state index contributed by atoms with van der Waals surface area (Å²) in [6.45, 7) is 0. The van der Waals surface area contributed by atoms with Crippen LogP contribution in [0.2, 0.25) is 0 Å². The van der Waals surface area contributed by atoms with E-state index in [2.05, 4.69) is 25.9 Å². The summed E-state index contributed by atoms with van der Waals surface area (Å²) >= 11 is 2.88. The Balaban J connectivity index is 3.19. The highest BCUT2D eigenvalue weighted by Crippen LogP contribution is 2.09. The van der Waals surface area contributed by atoms with Crippen molar-refractivity contribution in [2.24, 2.45) is 0 Å². The van der Waals surface area contributed by atoms with E-state index in [1.165, 1.54) is 0 Å². The molecule has 1 heterocycles. The van der Waals surface area contributed by atoms with Crippen molar-refractivity contribution in [2.75, 3.05) is 0 Å². The average molecular weight is 205 g/mol. The lowest BCUT2D eigenvalue weighted by atomic mass is 10.4. The lowest BCUT2D eigenvalue weighted by Gasteiger charge is -1.91. The molecule has 0 saturated carbocycles. The van der Waals surface area contributed by atoms with Crippen LogP contribution in [0.5, 0.6) is 0 Å². The second-order valence-corrected chi connectivity index (χ2v) is 2.25. The fourth-order valence-corrected chi connectivity index (χ4v) is 0.772. The Morgan fingerprint density at radius 2 is 2.40 bits per heavy atom. The van der Waals surface area contributed by atoms with Crippen molar-refractivity contribution in [3.05, 3.63) is 22.4 Å². The Morgan fingerprint density at radius 3 is 2.90 bits per heavy atom. The molecule has 1 aromatic rings. The number of carbonyl (C=O) groups excluding carboxylic acids is 1. The van der Waals surface area contributed by atoms with Gasteiger partial charge in [0.2, 0.25) is 0 Å². The van der Waals surface area contributed by atoms with Gasteiger partial charge in [-0.3, -0.25) is 4.79 Å². The van der Waals surface area contributed by atoms with Crippen molar-refractivity contribution < 1.29 is 9.18 Å². The molecule has 10 heavy (non-hydrogen) atoms. The van der Waals surface area contributed by atoms with Crippen molar-refractivity contribution in [1.29, 1.82) is 0 Å².